The molecule has 18 heavy (non-hydrogen) atoms. The highest BCUT2D eigenvalue weighted by Gasteiger charge is 2.23. The average Bonchev–Trinajstić information content (AvgIpc) is 2.28. The maximum atomic E-state index is 11.6. The molecule has 3 nitrogen and oxygen atoms in total. The van der Waals surface area contributed by atoms with E-state index in [1.165, 1.54) is 7.11 Å². The molecule has 0 heterocycles. The van der Waals surface area contributed by atoms with E-state index in [4.69, 9.17) is 4.74 Å². The Hall–Kier alpha value is -1.51. The predicted molar refractivity (Wildman–Crippen MR) is 72.0 cm³/mol. The average molecular weight is 250 g/mol. The van der Waals surface area contributed by atoms with Crippen molar-refractivity contribution in [3.8, 4) is 5.75 Å². The van der Waals surface area contributed by atoms with Crippen molar-refractivity contribution in [2.45, 2.75) is 46.0 Å². The van der Waals surface area contributed by atoms with Crippen LogP contribution in [0.15, 0.2) is 12.1 Å². The normalized spacial score (nSPS) is 13.2. The van der Waals surface area contributed by atoms with Crippen LogP contribution in [0, 0.1) is 6.92 Å². The number of methoxy groups -OCH3 is 1. The molecule has 1 N–H and O–H groups in total. The van der Waals surface area contributed by atoms with Gasteiger partial charge in [-0.3, -0.25) is 4.79 Å². The van der Waals surface area contributed by atoms with E-state index >= 15 is 0 Å². The molecule has 0 saturated carbocycles. The second kappa shape index (κ2) is 5.01. The number of hydrogen-bond donors (Lipinski definition) is 1. The zero-order chi connectivity index (χ0) is 14.1. The molecule has 1 aromatic carbocycles. The summed E-state index contributed by atoms with van der Waals surface area (Å²) in [5.41, 5.74) is 2.35. The number of esters is 1. The van der Waals surface area contributed by atoms with E-state index in [1.54, 1.807) is 0 Å². The molecule has 1 unspecified atom stereocenters. The molecule has 0 bridgehead atoms. The van der Waals surface area contributed by atoms with E-state index in [2.05, 4.69) is 0 Å². The predicted octanol–water partition coefficient (Wildman–Crippen LogP) is 3.27. The summed E-state index contributed by atoms with van der Waals surface area (Å²) in [5, 5.41) is 10.1. The van der Waals surface area contributed by atoms with Crippen molar-refractivity contribution in [1.82, 2.24) is 0 Å². The molecule has 0 spiro atoms. The maximum Gasteiger partial charge on any atom is 0.312 e. The van der Waals surface area contributed by atoms with Crippen LogP contribution in [-0.2, 0) is 14.9 Å². The van der Waals surface area contributed by atoms with E-state index in [1.807, 2.05) is 46.8 Å². The van der Waals surface area contributed by atoms with Gasteiger partial charge < -0.3 is 9.84 Å². The number of rotatable bonds is 2. The van der Waals surface area contributed by atoms with E-state index in [0.29, 0.717) is 5.75 Å². The van der Waals surface area contributed by atoms with Crippen molar-refractivity contribution < 1.29 is 14.6 Å². The Morgan fingerprint density at radius 2 is 1.89 bits per heavy atom. The van der Waals surface area contributed by atoms with Crippen molar-refractivity contribution in [2.75, 3.05) is 7.11 Å². The Bertz CT molecular complexity index is 456. The second-order valence-corrected chi connectivity index (χ2v) is 5.73. The van der Waals surface area contributed by atoms with Crippen LogP contribution in [0.4, 0.5) is 0 Å². The molecule has 1 aromatic rings. The summed E-state index contributed by atoms with van der Waals surface area (Å²) in [6.45, 7) is 9.76. The highest BCUT2D eigenvalue weighted by molar-refractivity contribution is 5.78. The van der Waals surface area contributed by atoms with Crippen molar-refractivity contribution in [3.05, 3.63) is 28.8 Å². The van der Waals surface area contributed by atoms with Crippen molar-refractivity contribution in [1.29, 1.82) is 0 Å². The minimum absolute atomic E-state index is 0.166. The lowest BCUT2D eigenvalue weighted by atomic mass is 9.82. The van der Waals surface area contributed by atoms with Crippen LogP contribution in [0.3, 0.4) is 0 Å². The summed E-state index contributed by atoms with van der Waals surface area (Å²) < 4.78 is 4.76. The number of benzene rings is 1. The largest absolute Gasteiger partial charge is 0.507 e. The smallest absolute Gasteiger partial charge is 0.312 e. The SMILES string of the molecule is COC(=O)C(C)c1cc(C)c(O)c(C(C)(C)C)c1. The van der Waals surface area contributed by atoms with Gasteiger partial charge in [-0.2, -0.15) is 0 Å². The first-order valence-corrected chi connectivity index (χ1v) is 6.10. The molecular formula is C15H22O3. The van der Waals surface area contributed by atoms with Gasteiger partial charge in [0.15, 0.2) is 0 Å². The number of carbonyl (C=O) groups is 1. The van der Waals surface area contributed by atoms with Crippen LogP contribution in [0.5, 0.6) is 5.75 Å². The van der Waals surface area contributed by atoms with E-state index in [0.717, 1.165) is 16.7 Å². The lowest BCUT2D eigenvalue weighted by molar-refractivity contribution is -0.141. The minimum Gasteiger partial charge on any atom is -0.507 e. The minimum atomic E-state index is -0.324. The summed E-state index contributed by atoms with van der Waals surface area (Å²) in [4.78, 5) is 11.6. The van der Waals surface area contributed by atoms with Gasteiger partial charge in [-0.25, -0.2) is 0 Å². The molecule has 0 saturated heterocycles. The van der Waals surface area contributed by atoms with Crippen molar-refractivity contribution in [3.63, 3.8) is 0 Å². The summed E-state index contributed by atoms with van der Waals surface area (Å²) in [6, 6.07) is 3.73. The first-order chi connectivity index (χ1) is 8.18. The van der Waals surface area contributed by atoms with Gasteiger partial charge in [0.1, 0.15) is 5.75 Å². The topological polar surface area (TPSA) is 46.5 Å². The van der Waals surface area contributed by atoms with Gasteiger partial charge in [-0.15, -0.1) is 0 Å². The van der Waals surface area contributed by atoms with E-state index in [9.17, 15) is 9.90 Å². The second-order valence-electron chi connectivity index (χ2n) is 5.73. The van der Waals surface area contributed by atoms with Gasteiger partial charge >= 0.3 is 5.97 Å². The number of phenols is 1. The third-order valence-corrected chi connectivity index (χ3v) is 3.19. The third-order valence-electron chi connectivity index (χ3n) is 3.19. The highest BCUT2D eigenvalue weighted by atomic mass is 16.5. The number of phenolic OH excluding ortho intramolecular Hbond substituents is 1. The molecular weight excluding hydrogens is 228 g/mol. The van der Waals surface area contributed by atoms with Gasteiger partial charge in [0.2, 0.25) is 0 Å². The fourth-order valence-electron chi connectivity index (χ4n) is 1.94. The van der Waals surface area contributed by atoms with Gasteiger partial charge in [0, 0.05) is 0 Å². The van der Waals surface area contributed by atoms with E-state index < -0.39 is 0 Å². The number of aromatic hydroxyl groups is 1. The number of ether oxygens (including phenoxy) is 1. The van der Waals surface area contributed by atoms with Gasteiger partial charge in [-0.1, -0.05) is 32.9 Å². The van der Waals surface area contributed by atoms with Crippen LogP contribution in [-0.4, -0.2) is 18.2 Å². The number of hydrogen-bond acceptors (Lipinski definition) is 3. The molecule has 0 fully saturated rings. The Morgan fingerprint density at radius 1 is 1.33 bits per heavy atom. The quantitative estimate of drug-likeness (QED) is 0.819. The summed E-state index contributed by atoms with van der Waals surface area (Å²) in [7, 11) is 1.39. The molecule has 3 heteroatoms. The number of carbonyl (C=O) groups excluding carboxylic acids is 1. The fraction of sp³-hybridized carbons (Fsp3) is 0.533. The monoisotopic (exact) mass is 250 g/mol. The molecule has 0 aliphatic carbocycles. The summed E-state index contributed by atoms with van der Waals surface area (Å²) >= 11 is 0. The Morgan fingerprint density at radius 3 is 2.33 bits per heavy atom. The molecule has 0 aliphatic rings. The first kappa shape index (κ1) is 14.6. The third kappa shape index (κ3) is 2.84. The zero-order valence-electron chi connectivity index (χ0n) is 12.0. The Balaban J connectivity index is 3.33. The fourth-order valence-corrected chi connectivity index (χ4v) is 1.94. The first-order valence-electron chi connectivity index (χ1n) is 6.10. The van der Waals surface area contributed by atoms with Crippen LogP contribution >= 0.6 is 0 Å². The molecule has 100 valence electrons. The molecule has 1 rings (SSSR count). The van der Waals surface area contributed by atoms with Crippen molar-refractivity contribution in [2.24, 2.45) is 0 Å². The molecule has 0 radical (unpaired) electrons. The molecule has 0 amide bonds. The maximum absolute atomic E-state index is 11.6. The lowest BCUT2D eigenvalue weighted by Gasteiger charge is -2.23. The standard InChI is InChI=1S/C15H22O3/c1-9-7-11(10(2)14(17)18-6)8-12(13(9)16)15(3,4)5/h7-8,10,16H,1-6H3. The number of aryl methyl sites for hydroxylation is 1. The summed E-state index contributed by atoms with van der Waals surface area (Å²) in [5.74, 6) is -0.279. The van der Waals surface area contributed by atoms with Crippen molar-refractivity contribution >= 4 is 5.97 Å². The molecule has 1 atom stereocenters. The molecule has 0 aromatic heterocycles. The van der Waals surface area contributed by atoms with E-state index in [-0.39, 0.29) is 17.3 Å². The Labute approximate surface area is 109 Å². The van der Waals surface area contributed by atoms with Gasteiger partial charge in [0.05, 0.1) is 13.0 Å². The highest BCUT2D eigenvalue weighted by Crippen LogP contribution is 2.35. The van der Waals surface area contributed by atoms with Gasteiger partial charge in [-0.05, 0) is 36.0 Å². The van der Waals surface area contributed by atoms with Crippen LogP contribution < -0.4 is 0 Å². The lowest BCUT2D eigenvalue weighted by Crippen LogP contribution is -2.15. The van der Waals surface area contributed by atoms with Crippen LogP contribution in [0.1, 0.15) is 50.3 Å². The Kier molecular flexibility index (Phi) is 4.05. The van der Waals surface area contributed by atoms with Gasteiger partial charge in [0.25, 0.3) is 0 Å². The van der Waals surface area contributed by atoms with Crippen LogP contribution in [0.25, 0.3) is 0 Å². The zero-order valence-corrected chi connectivity index (χ0v) is 12.0. The van der Waals surface area contributed by atoms with Crippen LogP contribution in [0.2, 0.25) is 0 Å². The molecule has 0 aliphatic heterocycles. The summed E-state index contributed by atoms with van der Waals surface area (Å²) in [6.07, 6.45) is 0.